The Morgan fingerprint density at radius 1 is 1.00 bits per heavy atom. The second-order valence-corrected chi connectivity index (χ2v) is 10.5. The Hall–Kier alpha value is -4.77. The van der Waals surface area contributed by atoms with Crippen molar-refractivity contribution in [1.29, 1.82) is 0 Å². The van der Waals surface area contributed by atoms with E-state index in [0.717, 1.165) is 35.2 Å². The number of hydrogen-bond donors (Lipinski definition) is 2. The molecule has 11 nitrogen and oxygen atoms in total. The molecular weight excluding hydrogens is 540 g/mol. The van der Waals surface area contributed by atoms with Gasteiger partial charge in [-0.25, -0.2) is 0 Å². The van der Waals surface area contributed by atoms with E-state index in [1.165, 1.54) is 24.3 Å². The molecule has 1 saturated carbocycles. The first-order valence-corrected chi connectivity index (χ1v) is 13.9. The van der Waals surface area contributed by atoms with Gasteiger partial charge in [0.1, 0.15) is 0 Å². The number of benzene rings is 3. The number of rotatable bonds is 11. The summed E-state index contributed by atoms with van der Waals surface area (Å²) in [5.74, 6) is -1.36. The Bertz CT molecular complexity index is 1480. The summed E-state index contributed by atoms with van der Waals surface area (Å²) in [6, 6.07) is 19.0. The molecular formula is C31H32N4O7. The van der Waals surface area contributed by atoms with Crippen LogP contribution in [-0.4, -0.2) is 65.6 Å². The van der Waals surface area contributed by atoms with Crippen molar-refractivity contribution in [2.45, 2.75) is 25.8 Å². The van der Waals surface area contributed by atoms with Crippen LogP contribution in [0.2, 0.25) is 0 Å². The maximum absolute atomic E-state index is 13.2. The molecule has 1 aliphatic carbocycles. The second kappa shape index (κ2) is 12.8. The molecule has 3 aromatic rings. The lowest BCUT2D eigenvalue weighted by atomic mass is 10.0. The van der Waals surface area contributed by atoms with Crippen molar-refractivity contribution in [3.05, 3.63) is 88.0 Å². The monoisotopic (exact) mass is 572 g/mol. The largest absolute Gasteiger partial charge is 0.481 e. The smallest absolute Gasteiger partial charge is 0.305 e. The highest BCUT2D eigenvalue weighted by Gasteiger charge is 2.33. The second-order valence-electron chi connectivity index (χ2n) is 10.5. The maximum Gasteiger partial charge on any atom is 0.305 e. The Morgan fingerprint density at radius 3 is 2.38 bits per heavy atom. The maximum atomic E-state index is 13.2. The van der Waals surface area contributed by atoms with E-state index >= 15 is 0 Å². The third-order valence-electron chi connectivity index (χ3n) is 7.40. The van der Waals surface area contributed by atoms with Crippen LogP contribution in [-0.2, 0) is 20.9 Å². The number of nitro groups is 1. The predicted molar refractivity (Wildman–Crippen MR) is 156 cm³/mol. The van der Waals surface area contributed by atoms with Crippen LogP contribution in [0.3, 0.4) is 0 Å². The number of nitrogens with one attached hydrogen (secondary N) is 1. The van der Waals surface area contributed by atoms with Crippen molar-refractivity contribution < 1.29 is 29.2 Å². The highest BCUT2D eigenvalue weighted by molar-refractivity contribution is 6.06. The lowest BCUT2D eigenvalue weighted by Gasteiger charge is -2.31. The fourth-order valence-corrected chi connectivity index (χ4v) is 4.98. The van der Waals surface area contributed by atoms with Crippen molar-refractivity contribution in [3.63, 3.8) is 0 Å². The lowest BCUT2D eigenvalue weighted by molar-refractivity contribution is -0.384. The minimum absolute atomic E-state index is 0.00670. The average Bonchev–Trinajstić information content (AvgIpc) is 3.85. The van der Waals surface area contributed by atoms with E-state index < -0.39 is 16.8 Å². The Labute approximate surface area is 242 Å². The standard InChI is InChI=1S/C31H32N4O7/c36-29(37)12-13-34(31(39)23-4-5-23)20-21-2-1-3-24(18-21)25-8-11-28(33-14-16-42-17-15-33)27(19-25)32-30(38)22-6-9-26(10-7-22)35(40)41/h1-3,6-11,18-19,23H,4-5,12-17,20H2,(H,32,38)(H,36,37). The highest BCUT2D eigenvalue weighted by Crippen LogP contribution is 2.34. The Balaban J connectivity index is 1.41. The molecule has 0 aromatic heterocycles. The fraction of sp³-hybridized carbons (Fsp3) is 0.323. The normalized spacial score (nSPS) is 14.7. The number of carbonyl (C=O) groups excluding carboxylic acids is 2. The number of hydrogen-bond acceptors (Lipinski definition) is 7. The van der Waals surface area contributed by atoms with Crippen LogP contribution in [0.5, 0.6) is 0 Å². The molecule has 2 N–H and O–H groups in total. The van der Waals surface area contributed by atoms with E-state index in [1.807, 2.05) is 42.5 Å². The van der Waals surface area contributed by atoms with Gasteiger partial charge in [-0.05, 0) is 59.9 Å². The quantitative estimate of drug-likeness (QED) is 0.251. The fourth-order valence-electron chi connectivity index (χ4n) is 4.98. The number of morpholine rings is 1. The van der Waals surface area contributed by atoms with Gasteiger partial charge >= 0.3 is 5.97 Å². The molecule has 0 unspecified atom stereocenters. The SMILES string of the molecule is O=C(O)CCN(Cc1cccc(-c2ccc(N3CCOCC3)c(NC(=O)c3ccc([N+](=O)[O-])cc3)c2)c1)C(=O)C1CC1. The molecule has 42 heavy (non-hydrogen) atoms. The first-order chi connectivity index (χ1) is 20.3. The minimum atomic E-state index is -0.944. The van der Waals surface area contributed by atoms with Crippen molar-refractivity contribution in [2.24, 2.45) is 5.92 Å². The van der Waals surface area contributed by atoms with Crippen LogP contribution in [0.25, 0.3) is 11.1 Å². The summed E-state index contributed by atoms with van der Waals surface area (Å²) in [6.45, 7) is 2.93. The van der Waals surface area contributed by atoms with Crippen molar-refractivity contribution in [1.82, 2.24) is 4.90 Å². The number of carboxylic acids is 1. The molecule has 2 amide bonds. The van der Waals surface area contributed by atoms with E-state index in [-0.39, 0.29) is 30.5 Å². The number of nitrogens with zero attached hydrogens (tertiary/aromatic N) is 3. The summed E-state index contributed by atoms with van der Waals surface area (Å²) < 4.78 is 5.50. The molecule has 1 aliphatic heterocycles. The number of aliphatic carboxylic acids is 1. The number of nitro benzene ring substituents is 1. The van der Waals surface area contributed by atoms with Gasteiger partial charge in [-0.15, -0.1) is 0 Å². The zero-order valence-corrected chi connectivity index (χ0v) is 23.0. The van der Waals surface area contributed by atoms with E-state index in [4.69, 9.17) is 9.84 Å². The van der Waals surface area contributed by atoms with E-state index in [1.54, 1.807) is 4.90 Å². The zero-order valence-electron chi connectivity index (χ0n) is 23.0. The molecule has 2 aliphatic rings. The third kappa shape index (κ3) is 7.10. The molecule has 0 bridgehead atoms. The van der Waals surface area contributed by atoms with Crippen LogP contribution in [0.4, 0.5) is 17.1 Å². The van der Waals surface area contributed by atoms with E-state index in [9.17, 15) is 24.5 Å². The summed E-state index contributed by atoms with van der Waals surface area (Å²) in [5.41, 5.74) is 4.23. The summed E-state index contributed by atoms with van der Waals surface area (Å²) in [6.07, 6.45) is 1.57. The number of amides is 2. The summed E-state index contributed by atoms with van der Waals surface area (Å²) in [5, 5.41) is 23.2. The van der Waals surface area contributed by atoms with Crippen molar-refractivity contribution in [2.75, 3.05) is 43.1 Å². The summed E-state index contributed by atoms with van der Waals surface area (Å²) in [4.78, 5) is 51.5. The summed E-state index contributed by atoms with van der Waals surface area (Å²) >= 11 is 0. The van der Waals surface area contributed by atoms with E-state index in [2.05, 4.69) is 10.2 Å². The van der Waals surface area contributed by atoms with Crippen molar-refractivity contribution in [3.8, 4) is 11.1 Å². The first-order valence-electron chi connectivity index (χ1n) is 13.9. The molecule has 3 aromatic carbocycles. The number of carboxylic acid groups (broad SMARTS) is 1. The molecule has 0 radical (unpaired) electrons. The van der Waals surface area contributed by atoms with Gasteiger partial charge in [0.25, 0.3) is 11.6 Å². The van der Waals surface area contributed by atoms with Crippen LogP contribution < -0.4 is 10.2 Å². The third-order valence-corrected chi connectivity index (χ3v) is 7.40. The number of anilines is 2. The molecule has 1 saturated heterocycles. The molecule has 2 fully saturated rings. The average molecular weight is 573 g/mol. The Kier molecular flexibility index (Phi) is 8.77. The highest BCUT2D eigenvalue weighted by atomic mass is 16.6. The van der Waals surface area contributed by atoms with Gasteiger partial charge in [0.2, 0.25) is 5.91 Å². The van der Waals surface area contributed by atoms with Gasteiger partial charge in [-0.2, -0.15) is 0 Å². The molecule has 5 rings (SSSR count). The van der Waals surface area contributed by atoms with E-state index in [0.29, 0.717) is 44.1 Å². The van der Waals surface area contributed by atoms with Gasteiger partial charge in [0.15, 0.2) is 0 Å². The van der Waals surface area contributed by atoms with Crippen LogP contribution >= 0.6 is 0 Å². The number of ether oxygens (including phenoxy) is 1. The molecule has 1 heterocycles. The van der Waals surface area contributed by atoms with Crippen LogP contribution in [0, 0.1) is 16.0 Å². The predicted octanol–water partition coefficient (Wildman–Crippen LogP) is 4.56. The Morgan fingerprint density at radius 2 is 1.71 bits per heavy atom. The van der Waals surface area contributed by atoms with Crippen LogP contribution in [0.1, 0.15) is 35.2 Å². The van der Waals surface area contributed by atoms with Gasteiger partial charge in [-0.1, -0.05) is 24.3 Å². The first kappa shape index (κ1) is 28.7. The number of non-ortho nitro benzene ring substituents is 1. The molecule has 0 spiro atoms. The lowest BCUT2D eigenvalue weighted by Crippen LogP contribution is -2.36. The summed E-state index contributed by atoms with van der Waals surface area (Å²) in [7, 11) is 0. The molecule has 0 atom stereocenters. The van der Waals surface area contributed by atoms with Gasteiger partial charge in [0.05, 0.1) is 35.9 Å². The van der Waals surface area contributed by atoms with Crippen molar-refractivity contribution >= 4 is 34.8 Å². The topological polar surface area (TPSA) is 142 Å². The molecule has 218 valence electrons. The van der Waals surface area contributed by atoms with Gasteiger partial charge in [-0.3, -0.25) is 24.5 Å². The zero-order chi connectivity index (χ0) is 29.6. The van der Waals surface area contributed by atoms with Gasteiger partial charge in [0, 0.05) is 49.8 Å². The van der Waals surface area contributed by atoms with Gasteiger partial charge < -0.3 is 25.0 Å². The minimum Gasteiger partial charge on any atom is -0.481 e. The van der Waals surface area contributed by atoms with Crippen LogP contribution in [0.15, 0.2) is 66.7 Å². The number of carbonyl (C=O) groups is 3. The molecule has 11 heteroatoms.